The molecule has 2 saturated heterocycles. The molecule has 1 unspecified atom stereocenters. The number of benzene rings is 2. The van der Waals surface area contributed by atoms with Crippen LogP contribution in [0.5, 0.6) is 0 Å². The summed E-state index contributed by atoms with van der Waals surface area (Å²) < 4.78 is 13.5. The fraction of sp³-hybridized carbons (Fsp3) is 0.407. The van der Waals surface area contributed by atoms with E-state index < -0.39 is 0 Å². The van der Waals surface area contributed by atoms with Gasteiger partial charge in [0.15, 0.2) is 5.16 Å². The highest BCUT2D eigenvalue weighted by Gasteiger charge is 2.21. The number of thioether (sulfide) groups is 1. The molecule has 0 radical (unpaired) electrons. The van der Waals surface area contributed by atoms with E-state index in [1.165, 1.54) is 17.3 Å². The molecule has 2 aromatic carbocycles. The first-order valence-electron chi connectivity index (χ1n) is 12.3. The Balaban J connectivity index is 1.19. The maximum Gasteiger partial charge on any atom is 0.234 e. The normalized spacial score (nSPS) is 18.6. The number of ether oxygens (including phenoxy) is 2. The Morgan fingerprint density at radius 2 is 1.86 bits per heavy atom. The quantitative estimate of drug-likeness (QED) is 0.450. The molecule has 3 heterocycles. The molecule has 1 atom stereocenters. The van der Waals surface area contributed by atoms with Gasteiger partial charge in [-0.15, -0.1) is 0 Å². The van der Waals surface area contributed by atoms with E-state index >= 15 is 0 Å². The van der Waals surface area contributed by atoms with Gasteiger partial charge in [0.2, 0.25) is 5.91 Å². The summed E-state index contributed by atoms with van der Waals surface area (Å²) in [7, 11) is 0. The van der Waals surface area contributed by atoms with Crippen LogP contribution in [0, 0.1) is 0 Å². The Hall–Kier alpha value is -2.65. The number of imidazole rings is 1. The summed E-state index contributed by atoms with van der Waals surface area (Å²) in [6, 6.07) is 18.4. The van der Waals surface area contributed by atoms with E-state index in [4.69, 9.17) is 9.47 Å². The van der Waals surface area contributed by atoms with Gasteiger partial charge in [-0.25, -0.2) is 4.98 Å². The third-order valence-electron chi connectivity index (χ3n) is 6.38. The molecule has 1 aromatic heterocycles. The number of nitrogens with one attached hydrogen (secondary N) is 1. The maximum atomic E-state index is 12.7. The van der Waals surface area contributed by atoms with Crippen molar-refractivity contribution in [2.75, 3.05) is 44.0 Å². The first kappa shape index (κ1) is 24.1. The molecule has 8 heteroatoms. The molecular weight excluding hydrogens is 460 g/mol. The van der Waals surface area contributed by atoms with Crippen LogP contribution in [-0.4, -0.2) is 65.1 Å². The van der Waals surface area contributed by atoms with Crippen molar-refractivity contribution in [3.05, 3.63) is 66.4 Å². The molecular formula is C27H32N4O3S. The van der Waals surface area contributed by atoms with E-state index in [0.29, 0.717) is 5.75 Å². The lowest BCUT2D eigenvalue weighted by Crippen LogP contribution is -2.35. The molecule has 1 N–H and O–H groups in total. The Morgan fingerprint density at radius 1 is 1.06 bits per heavy atom. The summed E-state index contributed by atoms with van der Waals surface area (Å²) >= 11 is 1.47. The van der Waals surface area contributed by atoms with Crippen molar-refractivity contribution >= 4 is 23.4 Å². The number of aromatic nitrogens is 2. The van der Waals surface area contributed by atoms with Gasteiger partial charge in [0.05, 0.1) is 43.5 Å². The van der Waals surface area contributed by atoms with Gasteiger partial charge in [-0.3, -0.25) is 9.69 Å². The average molecular weight is 493 g/mol. The van der Waals surface area contributed by atoms with Crippen LogP contribution in [0.25, 0.3) is 11.3 Å². The monoisotopic (exact) mass is 492 g/mol. The molecule has 0 aliphatic carbocycles. The van der Waals surface area contributed by atoms with Crippen molar-refractivity contribution in [1.82, 2.24) is 14.5 Å². The lowest BCUT2D eigenvalue weighted by molar-refractivity contribution is -0.113. The molecule has 0 saturated carbocycles. The minimum atomic E-state index is -0.0381. The first-order chi connectivity index (χ1) is 17.2. The number of nitrogens with zero attached hydrogens (tertiary/aromatic N) is 3. The van der Waals surface area contributed by atoms with Crippen LogP contribution in [-0.2, 0) is 27.4 Å². The fourth-order valence-corrected chi connectivity index (χ4v) is 5.31. The summed E-state index contributed by atoms with van der Waals surface area (Å²) in [6.07, 6.45) is 4.24. The van der Waals surface area contributed by atoms with E-state index in [9.17, 15) is 4.79 Å². The zero-order valence-electron chi connectivity index (χ0n) is 19.9. The molecule has 0 spiro atoms. The first-order valence-corrected chi connectivity index (χ1v) is 13.3. The topological polar surface area (TPSA) is 68.6 Å². The van der Waals surface area contributed by atoms with E-state index in [1.54, 1.807) is 0 Å². The van der Waals surface area contributed by atoms with Gasteiger partial charge in [0.1, 0.15) is 0 Å². The molecule has 7 nitrogen and oxygen atoms in total. The predicted molar refractivity (Wildman–Crippen MR) is 139 cm³/mol. The van der Waals surface area contributed by atoms with Gasteiger partial charge in [-0.2, -0.15) is 0 Å². The van der Waals surface area contributed by atoms with E-state index in [1.807, 2.05) is 36.5 Å². The number of amides is 1. The number of hydrogen-bond donors (Lipinski definition) is 1. The molecule has 2 aliphatic rings. The van der Waals surface area contributed by atoms with Crippen molar-refractivity contribution < 1.29 is 14.3 Å². The van der Waals surface area contributed by atoms with Crippen LogP contribution in [0.4, 0.5) is 5.69 Å². The Morgan fingerprint density at radius 3 is 2.60 bits per heavy atom. The van der Waals surface area contributed by atoms with Crippen LogP contribution in [0.15, 0.2) is 66.0 Å². The van der Waals surface area contributed by atoms with Crippen LogP contribution in [0.1, 0.15) is 18.4 Å². The fourth-order valence-electron chi connectivity index (χ4n) is 4.52. The average Bonchev–Trinajstić information content (AvgIpc) is 3.56. The highest BCUT2D eigenvalue weighted by Crippen LogP contribution is 2.28. The van der Waals surface area contributed by atoms with Gasteiger partial charge >= 0.3 is 0 Å². The number of carbonyl (C=O) groups is 1. The van der Waals surface area contributed by atoms with E-state index in [-0.39, 0.29) is 12.0 Å². The Labute approximate surface area is 210 Å². The van der Waals surface area contributed by atoms with Gasteiger partial charge in [-0.05, 0) is 36.1 Å². The summed E-state index contributed by atoms with van der Waals surface area (Å²) in [6.45, 7) is 5.99. The molecule has 184 valence electrons. The molecule has 3 aromatic rings. The van der Waals surface area contributed by atoms with Crippen molar-refractivity contribution in [2.45, 2.75) is 37.2 Å². The molecule has 5 rings (SSSR count). The van der Waals surface area contributed by atoms with Gasteiger partial charge < -0.3 is 19.4 Å². The van der Waals surface area contributed by atoms with Crippen LogP contribution in [0.3, 0.4) is 0 Å². The third-order valence-corrected chi connectivity index (χ3v) is 7.37. The summed E-state index contributed by atoms with van der Waals surface area (Å²) in [5.41, 5.74) is 4.23. The van der Waals surface area contributed by atoms with E-state index in [0.717, 1.165) is 80.9 Å². The molecule has 1 amide bonds. The van der Waals surface area contributed by atoms with Crippen molar-refractivity contribution in [1.29, 1.82) is 0 Å². The van der Waals surface area contributed by atoms with Crippen LogP contribution in [0.2, 0.25) is 0 Å². The summed E-state index contributed by atoms with van der Waals surface area (Å²) in [5.74, 6) is 0.260. The standard InChI is InChI=1S/C27H32N4O3S/c32-26(29-23-10-8-21(9-11-23)18-30-12-15-33-16-13-30)20-35-27-28-17-25(22-5-2-1-3-6-22)31(27)19-24-7-4-14-34-24/h1-3,5-6,8-11,17,24H,4,7,12-16,18-20H2,(H,29,32). The SMILES string of the molecule is O=C(CSc1ncc(-c2ccccc2)n1CC1CCCO1)Nc1ccc(CN2CCOCC2)cc1. The lowest BCUT2D eigenvalue weighted by Gasteiger charge is -2.26. The lowest BCUT2D eigenvalue weighted by atomic mass is 10.1. The van der Waals surface area contributed by atoms with Crippen molar-refractivity contribution in [3.8, 4) is 11.3 Å². The smallest absolute Gasteiger partial charge is 0.234 e. The highest BCUT2D eigenvalue weighted by atomic mass is 32.2. The zero-order valence-corrected chi connectivity index (χ0v) is 20.7. The maximum absolute atomic E-state index is 12.7. The Bertz CT molecular complexity index is 1090. The third kappa shape index (κ3) is 6.52. The second kappa shape index (κ2) is 11.9. The van der Waals surface area contributed by atoms with Crippen LogP contribution >= 0.6 is 11.8 Å². The molecule has 2 fully saturated rings. The number of carbonyl (C=O) groups excluding carboxylic acids is 1. The Kier molecular flexibility index (Phi) is 8.15. The van der Waals surface area contributed by atoms with Gasteiger partial charge in [0, 0.05) is 31.9 Å². The number of morpholine rings is 1. The largest absolute Gasteiger partial charge is 0.379 e. The second-order valence-corrected chi connectivity index (χ2v) is 9.90. The van der Waals surface area contributed by atoms with Crippen LogP contribution < -0.4 is 5.32 Å². The number of anilines is 1. The van der Waals surface area contributed by atoms with Gasteiger partial charge in [-0.1, -0.05) is 54.2 Å². The highest BCUT2D eigenvalue weighted by molar-refractivity contribution is 7.99. The molecule has 2 aliphatic heterocycles. The molecule has 0 bridgehead atoms. The second-order valence-electron chi connectivity index (χ2n) is 8.96. The number of rotatable bonds is 9. The summed E-state index contributed by atoms with van der Waals surface area (Å²) in [4.78, 5) is 19.7. The van der Waals surface area contributed by atoms with Gasteiger partial charge in [0.25, 0.3) is 0 Å². The van der Waals surface area contributed by atoms with Crippen molar-refractivity contribution in [2.24, 2.45) is 0 Å². The predicted octanol–water partition coefficient (Wildman–Crippen LogP) is 4.29. The summed E-state index contributed by atoms with van der Waals surface area (Å²) in [5, 5.41) is 3.86. The van der Waals surface area contributed by atoms with Crippen molar-refractivity contribution in [3.63, 3.8) is 0 Å². The minimum Gasteiger partial charge on any atom is -0.379 e. The number of hydrogen-bond acceptors (Lipinski definition) is 6. The molecule has 35 heavy (non-hydrogen) atoms. The van der Waals surface area contributed by atoms with E-state index in [2.05, 4.69) is 44.0 Å². The minimum absolute atomic E-state index is 0.0381. The zero-order chi connectivity index (χ0) is 23.9.